The van der Waals surface area contributed by atoms with E-state index in [9.17, 15) is 9.59 Å². The van der Waals surface area contributed by atoms with Crippen LogP contribution in [0.4, 0.5) is 0 Å². The first-order valence-corrected chi connectivity index (χ1v) is 5.58. The molecule has 1 aliphatic carbocycles. The van der Waals surface area contributed by atoms with Crippen molar-refractivity contribution in [2.75, 3.05) is 6.61 Å². The largest absolute Gasteiger partial charge is 0.463 e. The first kappa shape index (κ1) is 12.7. The van der Waals surface area contributed by atoms with Gasteiger partial charge in [0.25, 0.3) is 0 Å². The third kappa shape index (κ3) is 3.65. The van der Waals surface area contributed by atoms with Gasteiger partial charge in [0.2, 0.25) is 0 Å². The lowest BCUT2D eigenvalue weighted by Crippen LogP contribution is -2.15. The van der Waals surface area contributed by atoms with Crippen molar-refractivity contribution in [2.24, 2.45) is 5.92 Å². The van der Waals surface area contributed by atoms with Crippen molar-refractivity contribution in [2.45, 2.75) is 33.6 Å². The van der Waals surface area contributed by atoms with Crippen LogP contribution < -0.4 is 0 Å². The van der Waals surface area contributed by atoms with E-state index in [0.29, 0.717) is 13.0 Å². The predicted molar refractivity (Wildman–Crippen MR) is 61.9 cm³/mol. The van der Waals surface area contributed by atoms with Crippen LogP contribution in [-0.4, -0.2) is 18.4 Å². The second-order valence-electron chi connectivity index (χ2n) is 4.20. The minimum atomic E-state index is -0.320. The fraction of sp³-hybridized carbons (Fsp3) is 0.538. The van der Waals surface area contributed by atoms with Gasteiger partial charge in [-0.15, -0.1) is 0 Å². The molecular formula is C13H18O3. The highest BCUT2D eigenvalue weighted by atomic mass is 16.5. The van der Waals surface area contributed by atoms with Gasteiger partial charge in [0.15, 0.2) is 5.78 Å². The third-order valence-corrected chi connectivity index (χ3v) is 2.70. The quantitative estimate of drug-likeness (QED) is 0.544. The number of allylic oxidation sites excluding steroid dienone is 3. The Kier molecular flexibility index (Phi) is 4.47. The molecule has 1 rings (SSSR count). The van der Waals surface area contributed by atoms with Crippen LogP contribution >= 0.6 is 0 Å². The van der Waals surface area contributed by atoms with E-state index in [4.69, 9.17) is 4.74 Å². The third-order valence-electron chi connectivity index (χ3n) is 2.70. The lowest BCUT2D eigenvalue weighted by atomic mass is 9.84. The zero-order chi connectivity index (χ0) is 12.1. The van der Waals surface area contributed by atoms with Gasteiger partial charge >= 0.3 is 5.97 Å². The highest BCUT2D eigenvalue weighted by Crippen LogP contribution is 2.27. The molecule has 0 saturated carbocycles. The molecule has 0 unspecified atom stereocenters. The van der Waals surface area contributed by atoms with Gasteiger partial charge in [-0.2, -0.15) is 0 Å². The Morgan fingerprint density at radius 1 is 1.56 bits per heavy atom. The number of carbonyl (C=O) groups excluding carboxylic acids is 2. The molecule has 0 N–H and O–H groups in total. The standard InChI is InChI=1S/C13H18O3/c1-4-16-13(15)7-10(3)11-5-9(2)6-12(14)8-11/h6-7,11H,4-5,8H2,1-3H3/b10-7+/t11-/m1/s1. The maximum absolute atomic E-state index is 11.4. The number of carbonyl (C=O) groups is 2. The topological polar surface area (TPSA) is 43.4 Å². The van der Waals surface area contributed by atoms with Crippen LogP contribution in [0, 0.1) is 5.92 Å². The number of ether oxygens (including phenoxy) is 1. The summed E-state index contributed by atoms with van der Waals surface area (Å²) in [6, 6.07) is 0. The summed E-state index contributed by atoms with van der Waals surface area (Å²) >= 11 is 0. The number of esters is 1. The van der Waals surface area contributed by atoms with Gasteiger partial charge in [-0.1, -0.05) is 11.1 Å². The first-order valence-electron chi connectivity index (χ1n) is 5.58. The zero-order valence-electron chi connectivity index (χ0n) is 10.1. The van der Waals surface area contributed by atoms with Crippen LogP contribution in [0.1, 0.15) is 33.6 Å². The summed E-state index contributed by atoms with van der Waals surface area (Å²) in [6.07, 6.45) is 4.54. The van der Waals surface area contributed by atoms with E-state index in [1.165, 1.54) is 6.08 Å². The van der Waals surface area contributed by atoms with Crippen LogP contribution in [-0.2, 0) is 14.3 Å². The SMILES string of the molecule is CCOC(=O)/C=C(\C)[C@H]1CC(=O)C=C(C)C1. The number of hydrogen-bond acceptors (Lipinski definition) is 3. The Morgan fingerprint density at radius 2 is 2.25 bits per heavy atom. The van der Waals surface area contributed by atoms with Crippen molar-refractivity contribution < 1.29 is 14.3 Å². The van der Waals surface area contributed by atoms with Crippen molar-refractivity contribution in [1.82, 2.24) is 0 Å². The van der Waals surface area contributed by atoms with E-state index >= 15 is 0 Å². The number of hydrogen-bond donors (Lipinski definition) is 0. The van der Waals surface area contributed by atoms with Crippen molar-refractivity contribution in [3.63, 3.8) is 0 Å². The summed E-state index contributed by atoms with van der Waals surface area (Å²) in [5, 5.41) is 0. The van der Waals surface area contributed by atoms with Crippen molar-refractivity contribution in [1.29, 1.82) is 0 Å². The van der Waals surface area contributed by atoms with Crippen LogP contribution in [0.2, 0.25) is 0 Å². The Balaban J connectivity index is 2.68. The highest BCUT2D eigenvalue weighted by molar-refractivity contribution is 5.92. The molecule has 0 spiro atoms. The Bertz CT molecular complexity index is 350. The summed E-state index contributed by atoms with van der Waals surface area (Å²) in [6.45, 7) is 5.98. The normalized spacial score (nSPS) is 21.7. The Morgan fingerprint density at radius 3 is 2.81 bits per heavy atom. The molecule has 0 saturated heterocycles. The molecule has 0 heterocycles. The van der Waals surface area contributed by atoms with Gasteiger partial charge in [0.1, 0.15) is 0 Å². The van der Waals surface area contributed by atoms with Crippen molar-refractivity contribution in [3.05, 3.63) is 23.3 Å². The van der Waals surface area contributed by atoms with Gasteiger partial charge in [0.05, 0.1) is 6.61 Å². The summed E-state index contributed by atoms with van der Waals surface area (Å²) in [7, 11) is 0. The molecule has 88 valence electrons. The van der Waals surface area contributed by atoms with Crippen LogP contribution in [0.25, 0.3) is 0 Å². The molecule has 1 aliphatic rings. The van der Waals surface area contributed by atoms with Gasteiger partial charge in [-0.05, 0) is 39.2 Å². The molecule has 1 atom stereocenters. The van der Waals surface area contributed by atoms with E-state index in [-0.39, 0.29) is 17.7 Å². The lowest BCUT2D eigenvalue weighted by Gasteiger charge is -2.20. The van der Waals surface area contributed by atoms with Gasteiger partial charge < -0.3 is 4.74 Å². The molecule has 0 amide bonds. The monoisotopic (exact) mass is 222 g/mol. The molecule has 0 aromatic carbocycles. The van der Waals surface area contributed by atoms with Crippen LogP contribution in [0.3, 0.4) is 0 Å². The highest BCUT2D eigenvalue weighted by Gasteiger charge is 2.20. The second-order valence-corrected chi connectivity index (χ2v) is 4.20. The maximum Gasteiger partial charge on any atom is 0.330 e. The number of rotatable bonds is 3. The molecule has 0 bridgehead atoms. The fourth-order valence-electron chi connectivity index (χ4n) is 1.91. The first-order chi connectivity index (χ1) is 7.52. The van der Waals surface area contributed by atoms with Gasteiger partial charge in [-0.25, -0.2) is 4.79 Å². The smallest absolute Gasteiger partial charge is 0.330 e. The Hall–Kier alpha value is -1.38. The zero-order valence-corrected chi connectivity index (χ0v) is 10.1. The second kappa shape index (κ2) is 5.64. The molecule has 3 nitrogen and oxygen atoms in total. The van der Waals surface area contributed by atoms with Gasteiger partial charge in [0, 0.05) is 12.5 Å². The summed E-state index contributed by atoms with van der Waals surface area (Å²) < 4.78 is 4.84. The molecule has 3 heteroatoms. The van der Waals surface area contributed by atoms with Crippen molar-refractivity contribution >= 4 is 11.8 Å². The molecule has 16 heavy (non-hydrogen) atoms. The molecule has 0 radical (unpaired) electrons. The minimum absolute atomic E-state index is 0.144. The minimum Gasteiger partial charge on any atom is -0.463 e. The van der Waals surface area contributed by atoms with Crippen LogP contribution in [0.5, 0.6) is 0 Å². The van der Waals surface area contributed by atoms with Crippen LogP contribution in [0.15, 0.2) is 23.3 Å². The van der Waals surface area contributed by atoms with E-state index in [1.807, 2.05) is 13.8 Å². The summed E-state index contributed by atoms with van der Waals surface area (Å²) in [4.78, 5) is 22.6. The molecule has 0 aromatic rings. The van der Waals surface area contributed by atoms with Crippen molar-refractivity contribution in [3.8, 4) is 0 Å². The average molecular weight is 222 g/mol. The molecule has 0 aromatic heterocycles. The van der Waals surface area contributed by atoms with E-state index in [1.54, 1.807) is 13.0 Å². The van der Waals surface area contributed by atoms with E-state index in [2.05, 4.69) is 0 Å². The maximum atomic E-state index is 11.4. The van der Waals surface area contributed by atoms with E-state index in [0.717, 1.165) is 17.6 Å². The average Bonchev–Trinajstić information content (AvgIpc) is 2.16. The summed E-state index contributed by atoms with van der Waals surface area (Å²) in [5.74, 6) is -0.0214. The number of ketones is 1. The molecular weight excluding hydrogens is 204 g/mol. The summed E-state index contributed by atoms with van der Waals surface area (Å²) in [5.41, 5.74) is 2.01. The lowest BCUT2D eigenvalue weighted by molar-refractivity contribution is -0.137. The molecule has 0 aliphatic heterocycles. The van der Waals surface area contributed by atoms with E-state index < -0.39 is 0 Å². The predicted octanol–water partition coefficient (Wildman–Crippen LogP) is 2.42. The van der Waals surface area contributed by atoms with Gasteiger partial charge in [-0.3, -0.25) is 4.79 Å². The Labute approximate surface area is 96.2 Å². The fourth-order valence-corrected chi connectivity index (χ4v) is 1.91. The molecule has 0 fully saturated rings.